The van der Waals surface area contributed by atoms with Gasteiger partial charge in [0.1, 0.15) is 23.6 Å². The number of H-pyrrole nitrogens is 1. The molecule has 162 valence electrons. The second kappa shape index (κ2) is 7.26. The first-order valence-electron chi connectivity index (χ1n) is 9.95. The maximum absolute atomic E-state index is 15.1. The lowest BCUT2D eigenvalue weighted by atomic mass is 10.0. The molecule has 0 unspecified atom stereocenters. The van der Waals surface area contributed by atoms with Crippen molar-refractivity contribution in [3.05, 3.63) is 47.4 Å². The molecular formula is C20H19F2N5O3S. The predicted molar refractivity (Wildman–Crippen MR) is 110 cm³/mol. The predicted octanol–water partition coefficient (Wildman–Crippen LogP) is 3.19. The second-order valence-electron chi connectivity index (χ2n) is 7.93. The zero-order valence-electron chi connectivity index (χ0n) is 16.3. The minimum absolute atomic E-state index is 0.00565. The Labute approximate surface area is 176 Å². The first kappa shape index (κ1) is 19.9. The molecule has 1 aromatic carbocycles. The van der Waals surface area contributed by atoms with Gasteiger partial charge in [0.2, 0.25) is 15.8 Å². The van der Waals surface area contributed by atoms with Gasteiger partial charge in [-0.3, -0.25) is 9.52 Å². The SMILES string of the molecule is O=C(c1c(F)ccc(NS(=O)(=O)C2CC2)c1F)c1c[nH]c2ncnc(NCC3CC3)c12. The van der Waals surface area contributed by atoms with E-state index in [2.05, 4.69) is 25.0 Å². The van der Waals surface area contributed by atoms with Crippen LogP contribution in [0.15, 0.2) is 24.7 Å². The van der Waals surface area contributed by atoms with Crippen molar-refractivity contribution in [2.45, 2.75) is 30.9 Å². The van der Waals surface area contributed by atoms with Crippen LogP contribution in [0, 0.1) is 17.6 Å². The van der Waals surface area contributed by atoms with Gasteiger partial charge in [-0.15, -0.1) is 0 Å². The minimum Gasteiger partial charge on any atom is -0.369 e. The van der Waals surface area contributed by atoms with E-state index < -0.39 is 43.9 Å². The number of carbonyl (C=O) groups excluding carboxylic acids is 1. The Morgan fingerprint density at radius 2 is 1.94 bits per heavy atom. The van der Waals surface area contributed by atoms with Gasteiger partial charge in [-0.2, -0.15) is 0 Å². The number of aromatic nitrogens is 3. The molecule has 0 aliphatic heterocycles. The van der Waals surface area contributed by atoms with Gasteiger partial charge >= 0.3 is 0 Å². The van der Waals surface area contributed by atoms with Crippen molar-refractivity contribution in [3.63, 3.8) is 0 Å². The Morgan fingerprint density at radius 3 is 2.65 bits per heavy atom. The number of hydrogen-bond donors (Lipinski definition) is 3. The summed E-state index contributed by atoms with van der Waals surface area (Å²) in [6, 6.07) is 1.85. The van der Waals surface area contributed by atoms with Gasteiger partial charge in [0.15, 0.2) is 5.82 Å². The first-order valence-corrected chi connectivity index (χ1v) is 11.5. The van der Waals surface area contributed by atoms with Crippen molar-refractivity contribution in [2.24, 2.45) is 5.92 Å². The fourth-order valence-corrected chi connectivity index (χ4v) is 4.82. The van der Waals surface area contributed by atoms with E-state index in [0.29, 0.717) is 42.2 Å². The molecule has 11 heteroatoms. The molecule has 8 nitrogen and oxygen atoms in total. The third-order valence-electron chi connectivity index (χ3n) is 5.50. The van der Waals surface area contributed by atoms with Crippen molar-refractivity contribution in [3.8, 4) is 0 Å². The molecule has 2 aromatic heterocycles. The van der Waals surface area contributed by atoms with Crippen LogP contribution in [-0.4, -0.2) is 40.9 Å². The van der Waals surface area contributed by atoms with Gasteiger partial charge in [0.05, 0.1) is 27.5 Å². The normalized spacial score (nSPS) is 16.5. The number of hydrogen-bond acceptors (Lipinski definition) is 6. The van der Waals surface area contributed by atoms with E-state index in [1.165, 1.54) is 12.5 Å². The standard InChI is InChI=1S/C20H19F2N5O3S/c21-13-5-6-14(27-31(29,30)11-3-4-11)17(22)16(13)18(28)12-8-24-20-15(12)19(25-9-26-20)23-7-10-1-2-10/h5-6,8-11,27H,1-4,7H2,(H2,23,24,25,26). The third-order valence-corrected chi connectivity index (χ3v) is 7.36. The van der Waals surface area contributed by atoms with Crippen LogP contribution in [0.5, 0.6) is 0 Å². The molecule has 2 aliphatic rings. The smallest absolute Gasteiger partial charge is 0.235 e. The van der Waals surface area contributed by atoms with E-state index in [-0.39, 0.29) is 5.56 Å². The van der Waals surface area contributed by atoms with E-state index in [1.807, 2.05) is 0 Å². The number of nitrogens with zero attached hydrogens (tertiary/aromatic N) is 2. The van der Waals surface area contributed by atoms with Crippen molar-refractivity contribution in [1.82, 2.24) is 15.0 Å². The van der Waals surface area contributed by atoms with Gasteiger partial charge in [0.25, 0.3) is 0 Å². The molecule has 3 aromatic rings. The van der Waals surface area contributed by atoms with Crippen LogP contribution >= 0.6 is 0 Å². The highest BCUT2D eigenvalue weighted by Crippen LogP contribution is 2.34. The highest BCUT2D eigenvalue weighted by molar-refractivity contribution is 7.93. The minimum atomic E-state index is -3.78. The van der Waals surface area contributed by atoms with Gasteiger partial charge in [-0.05, 0) is 43.7 Å². The molecule has 0 bridgehead atoms. The fraction of sp³-hybridized carbons (Fsp3) is 0.350. The van der Waals surface area contributed by atoms with E-state index in [1.54, 1.807) is 0 Å². The van der Waals surface area contributed by atoms with Crippen LogP contribution < -0.4 is 10.0 Å². The molecule has 3 N–H and O–H groups in total. The summed E-state index contributed by atoms with van der Waals surface area (Å²) >= 11 is 0. The third kappa shape index (κ3) is 3.73. The molecule has 2 fully saturated rings. The van der Waals surface area contributed by atoms with Crippen LogP contribution in [0.25, 0.3) is 11.0 Å². The lowest BCUT2D eigenvalue weighted by molar-refractivity contribution is 0.103. The first-order chi connectivity index (χ1) is 14.8. The molecule has 0 spiro atoms. The molecule has 2 heterocycles. The number of halogens is 2. The average Bonchev–Trinajstić information content (AvgIpc) is 3.65. The molecule has 0 saturated heterocycles. The van der Waals surface area contributed by atoms with Gasteiger partial charge in [0, 0.05) is 12.7 Å². The molecule has 0 amide bonds. The number of anilines is 2. The molecule has 0 radical (unpaired) electrons. The summed E-state index contributed by atoms with van der Waals surface area (Å²) in [7, 11) is -3.78. The number of ketones is 1. The highest BCUT2D eigenvalue weighted by atomic mass is 32.2. The number of fused-ring (bicyclic) bond motifs is 1. The summed E-state index contributed by atoms with van der Waals surface area (Å²) in [5.41, 5.74) is -0.953. The molecule has 31 heavy (non-hydrogen) atoms. The van der Waals surface area contributed by atoms with Crippen LogP contribution in [0.1, 0.15) is 41.6 Å². The number of sulfonamides is 1. The number of nitrogens with one attached hydrogen (secondary N) is 3. The molecule has 0 atom stereocenters. The quantitative estimate of drug-likeness (QED) is 0.457. The molecular weight excluding hydrogens is 428 g/mol. The Bertz CT molecular complexity index is 1300. The summed E-state index contributed by atoms with van der Waals surface area (Å²) in [6.07, 6.45) is 5.84. The van der Waals surface area contributed by atoms with E-state index in [0.717, 1.165) is 25.0 Å². The Kier molecular flexibility index (Phi) is 4.65. The van der Waals surface area contributed by atoms with Crippen LogP contribution in [-0.2, 0) is 10.0 Å². The lowest BCUT2D eigenvalue weighted by Gasteiger charge is -2.12. The topological polar surface area (TPSA) is 117 Å². The van der Waals surface area contributed by atoms with Gasteiger partial charge in [-0.1, -0.05) is 0 Å². The maximum atomic E-state index is 15.1. The van der Waals surface area contributed by atoms with Crippen LogP contribution in [0.2, 0.25) is 0 Å². The van der Waals surface area contributed by atoms with Gasteiger partial charge in [-0.25, -0.2) is 27.2 Å². The second-order valence-corrected chi connectivity index (χ2v) is 9.89. The summed E-state index contributed by atoms with van der Waals surface area (Å²) in [4.78, 5) is 24.3. The lowest BCUT2D eigenvalue weighted by Crippen LogP contribution is -2.19. The van der Waals surface area contributed by atoms with Crippen molar-refractivity contribution >= 4 is 38.3 Å². The number of rotatable bonds is 8. The zero-order chi connectivity index (χ0) is 21.8. The Hall–Kier alpha value is -3.08. The monoisotopic (exact) mass is 447 g/mol. The average molecular weight is 447 g/mol. The Balaban J connectivity index is 1.54. The van der Waals surface area contributed by atoms with Crippen LogP contribution in [0.3, 0.4) is 0 Å². The zero-order valence-corrected chi connectivity index (χ0v) is 17.1. The van der Waals surface area contributed by atoms with E-state index >= 15 is 4.39 Å². The van der Waals surface area contributed by atoms with Crippen molar-refractivity contribution < 1.29 is 22.0 Å². The number of carbonyl (C=O) groups is 1. The number of benzene rings is 1. The molecule has 5 rings (SSSR count). The molecule has 2 saturated carbocycles. The van der Waals surface area contributed by atoms with E-state index in [9.17, 15) is 17.6 Å². The van der Waals surface area contributed by atoms with Crippen molar-refractivity contribution in [2.75, 3.05) is 16.6 Å². The summed E-state index contributed by atoms with van der Waals surface area (Å²) in [5, 5.41) is 2.91. The largest absolute Gasteiger partial charge is 0.369 e. The van der Waals surface area contributed by atoms with E-state index in [4.69, 9.17) is 0 Å². The Morgan fingerprint density at radius 1 is 1.16 bits per heavy atom. The molecule has 2 aliphatic carbocycles. The highest BCUT2D eigenvalue weighted by Gasteiger charge is 2.37. The maximum Gasteiger partial charge on any atom is 0.235 e. The van der Waals surface area contributed by atoms with Gasteiger partial charge < -0.3 is 10.3 Å². The summed E-state index contributed by atoms with van der Waals surface area (Å²) < 4.78 is 56.1. The summed E-state index contributed by atoms with van der Waals surface area (Å²) in [6.45, 7) is 0.673. The summed E-state index contributed by atoms with van der Waals surface area (Å²) in [5.74, 6) is -2.34. The number of aromatic amines is 1. The van der Waals surface area contributed by atoms with Crippen molar-refractivity contribution in [1.29, 1.82) is 0 Å². The van der Waals surface area contributed by atoms with Crippen LogP contribution in [0.4, 0.5) is 20.3 Å². The fourth-order valence-electron chi connectivity index (χ4n) is 3.43.